The highest BCUT2D eigenvalue weighted by Crippen LogP contribution is 2.20. The fourth-order valence-corrected chi connectivity index (χ4v) is 1.18. The van der Waals surface area contributed by atoms with Crippen LogP contribution < -0.4 is 5.32 Å². The standard InChI is InChI=1S/C6H3BrF3N3O3/c7-2-1(3(14)15)11-5(12-2)13-4(16)6(8,9)10/h(H,14,15)(H2,11,12,13,16). The van der Waals surface area contributed by atoms with Crippen LogP contribution in [0, 0.1) is 0 Å². The third kappa shape index (κ3) is 2.72. The third-order valence-corrected chi connectivity index (χ3v) is 1.93. The van der Waals surface area contributed by atoms with Crippen molar-refractivity contribution in [3.8, 4) is 0 Å². The van der Waals surface area contributed by atoms with E-state index in [1.807, 2.05) is 0 Å². The minimum absolute atomic E-state index is 0.141. The Kier molecular flexibility index (Phi) is 3.21. The van der Waals surface area contributed by atoms with Crippen molar-refractivity contribution in [3.05, 3.63) is 10.3 Å². The van der Waals surface area contributed by atoms with Crippen LogP contribution in [0.5, 0.6) is 0 Å². The van der Waals surface area contributed by atoms with E-state index in [9.17, 15) is 22.8 Å². The summed E-state index contributed by atoms with van der Waals surface area (Å²) >= 11 is 2.73. The number of H-pyrrole nitrogens is 1. The van der Waals surface area contributed by atoms with Crippen LogP contribution in [0.4, 0.5) is 19.1 Å². The summed E-state index contributed by atoms with van der Waals surface area (Å²) in [5.41, 5.74) is -0.530. The lowest BCUT2D eigenvalue weighted by molar-refractivity contribution is -0.167. The zero-order valence-electron chi connectivity index (χ0n) is 7.22. The van der Waals surface area contributed by atoms with Crippen LogP contribution in [0.15, 0.2) is 4.60 Å². The number of anilines is 1. The number of aromatic carboxylic acids is 1. The highest BCUT2D eigenvalue weighted by molar-refractivity contribution is 9.10. The molecule has 0 saturated heterocycles. The molecule has 1 amide bonds. The fourth-order valence-electron chi connectivity index (χ4n) is 0.731. The molecule has 0 atom stereocenters. The van der Waals surface area contributed by atoms with Crippen molar-refractivity contribution in [3.63, 3.8) is 0 Å². The molecule has 0 spiro atoms. The number of aromatic nitrogens is 2. The van der Waals surface area contributed by atoms with E-state index in [0.717, 1.165) is 0 Å². The molecule has 1 rings (SSSR count). The lowest BCUT2D eigenvalue weighted by Crippen LogP contribution is -2.30. The van der Waals surface area contributed by atoms with Crippen LogP contribution in [0.1, 0.15) is 10.5 Å². The first-order chi connectivity index (χ1) is 7.21. The van der Waals surface area contributed by atoms with E-state index in [-0.39, 0.29) is 4.60 Å². The maximum Gasteiger partial charge on any atom is 0.471 e. The highest BCUT2D eigenvalue weighted by atomic mass is 79.9. The Bertz CT molecular complexity index is 442. The second-order valence-corrected chi connectivity index (χ2v) is 3.30. The second-order valence-electron chi connectivity index (χ2n) is 2.51. The molecule has 10 heteroatoms. The number of alkyl halides is 3. The van der Waals surface area contributed by atoms with Crippen LogP contribution in [0.25, 0.3) is 0 Å². The topological polar surface area (TPSA) is 95.1 Å². The number of hydrogen-bond acceptors (Lipinski definition) is 3. The number of rotatable bonds is 2. The molecule has 0 saturated carbocycles. The summed E-state index contributed by atoms with van der Waals surface area (Å²) in [4.78, 5) is 26.3. The number of aromatic amines is 1. The van der Waals surface area contributed by atoms with Gasteiger partial charge in [-0.15, -0.1) is 0 Å². The number of nitrogens with one attached hydrogen (secondary N) is 2. The van der Waals surface area contributed by atoms with Crippen LogP contribution in [-0.2, 0) is 4.79 Å². The molecule has 0 aliphatic heterocycles. The highest BCUT2D eigenvalue weighted by Gasteiger charge is 2.39. The van der Waals surface area contributed by atoms with Gasteiger partial charge in [-0.3, -0.25) is 10.1 Å². The van der Waals surface area contributed by atoms with Crippen molar-refractivity contribution in [2.75, 3.05) is 5.32 Å². The molecule has 0 bridgehead atoms. The Morgan fingerprint density at radius 3 is 2.38 bits per heavy atom. The maximum atomic E-state index is 11.8. The van der Waals surface area contributed by atoms with Gasteiger partial charge in [0.25, 0.3) is 0 Å². The van der Waals surface area contributed by atoms with Gasteiger partial charge in [-0.2, -0.15) is 13.2 Å². The summed E-state index contributed by atoms with van der Waals surface area (Å²) in [6, 6.07) is 0. The zero-order valence-corrected chi connectivity index (χ0v) is 8.81. The number of imidazole rings is 1. The molecular formula is C6H3BrF3N3O3. The summed E-state index contributed by atoms with van der Waals surface area (Å²) in [6.07, 6.45) is -5.07. The van der Waals surface area contributed by atoms with Gasteiger partial charge in [0.15, 0.2) is 5.69 Å². The van der Waals surface area contributed by atoms with Crippen molar-refractivity contribution in [1.82, 2.24) is 9.97 Å². The van der Waals surface area contributed by atoms with E-state index < -0.39 is 29.7 Å². The molecule has 88 valence electrons. The van der Waals surface area contributed by atoms with E-state index in [2.05, 4.69) is 25.9 Å². The Hall–Kier alpha value is -1.58. The molecule has 0 unspecified atom stereocenters. The number of carbonyl (C=O) groups excluding carboxylic acids is 1. The Morgan fingerprint density at radius 2 is 2.00 bits per heavy atom. The minimum atomic E-state index is -5.07. The Balaban J connectivity index is 2.88. The van der Waals surface area contributed by atoms with Gasteiger partial charge >= 0.3 is 18.1 Å². The van der Waals surface area contributed by atoms with E-state index in [0.29, 0.717) is 0 Å². The zero-order chi connectivity index (χ0) is 12.5. The van der Waals surface area contributed by atoms with Gasteiger partial charge < -0.3 is 10.1 Å². The lowest BCUT2D eigenvalue weighted by Gasteiger charge is -2.04. The molecular weight excluding hydrogens is 299 g/mol. The van der Waals surface area contributed by atoms with Gasteiger partial charge in [0.2, 0.25) is 5.95 Å². The lowest BCUT2D eigenvalue weighted by atomic mass is 10.5. The number of carboxylic acids is 1. The summed E-state index contributed by atoms with van der Waals surface area (Å²) < 4.78 is 35.3. The van der Waals surface area contributed by atoms with Crippen LogP contribution in [-0.4, -0.2) is 33.1 Å². The molecule has 1 aromatic rings. The molecule has 16 heavy (non-hydrogen) atoms. The predicted molar refractivity (Wildman–Crippen MR) is 47.9 cm³/mol. The average Bonchev–Trinajstić information content (AvgIpc) is 2.45. The second kappa shape index (κ2) is 4.12. The summed E-state index contributed by atoms with van der Waals surface area (Å²) in [5, 5.41) is 9.90. The molecule has 1 aromatic heterocycles. The SMILES string of the molecule is O=C(O)c1nc(NC(=O)C(F)(F)F)[nH]c1Br. The summed E-state index contributed by atoms with van der Waals surface area (Å²) in [7, 11) is 0. The van der Waals surface area contributed by atoms with E-state index in [1.54, 1.807) is 0 Å². The minimum Gasteiger partial charge on any atom is -0.476 e. The molecule has 0 fully saturated rings. The van der Waals surface area contributed by atoms with Crippen molar-refractivity contribution in [2.24, 2.45) is 0 Å². The first kappa shape index (κ1) is 12.5. The first-order valence-electron chi connectivity index (χ1n) is 3.58. The van der Waals surface area contributed by atoms with Gasteiger partial charge in [0.1, 0.15) is 4.60 Å². The smallest absolute Gasteiger partial charge is 0.471 e. The predicted octanol–water partition coefficient (Wildman–Crippen LogP) is 1.37. The molecule has 6 nitrogen and oxygen atoms in total. The largest absolute Gasteiger partial charge is 0.476 e. The Morgan fingerprint density at radius 1 is 1.44 bits per heavy atom. The molecule has 0 radical (unpaired) electrons. The van der Waals surface area contributed by atoms with Gasteiger partial charge in [0.05, 0.1) is 0 Å². The van der Waals surface area contributed by atoms with Crippen molar-refractivity contribution in [1.29, 1.82) is 0 Å². The fraction of sp³-hybridized carbons (Fsp3) is 0.167. The number of hydrogen-bond donors (Lipinski definition) is 3. The number of carbonyl (C=O) groups is 2. The molecule has 3 N–H and O–H groups in total. The molecule has 0 aliphatic carbocycles. The summed E-state index contributed by atoms with van der Waals surface area (Å²) in [5.74, 6) is -4.30. The van der Waals surface area contributed by atoms with Crippen LogP contribution in [0.2, 0.25) is 0 Å². The summed E-state index contributed by atoms with van der Waals surface area (Å²) in [6.45, 7) is 0. The number of nitrogens with zero attached hydrogens (tertiary/aromatic N) is 1. The average molecular weight is 302 g/mol. The molecule has 0 aromatic carbocycles. The normalized spacial score (nSPS) is 11.2. The maximum absolute atomic E-state index is 11.8. The Labute approximate surface area is 94.0 Å². The number of halogens is 4. The van der Waals surface area contributed by atoms with Crippen LogP contribution >= 0.6 is 15.9 Å². The monoisotopic (exact) mass is 301 g/mol. The first-order valence-corrected chi connectivity index (χ1v) is 4.38. The molecule has 0 aliphatic rings. The van der Waals surface area contributed by atoms with Crippen molar-refractivity contribution >= 4 is 33.8 Å². The van der Waals surface area contributed by atoms with Crippen molar-refractivity contribution in [2.45, 2.75) is 6.18 Å². The molecule has 1 heterocycles. The van der Waals surface area contributed by atoms with E-state index in [4.69, 9.17) is 5.11 Å². The van der Waals surface area contributed by atoms with Gasteiger partial charge in [0, 0.05) is 0 Å². The van der Waals surface area contributed by atoms with E-state index in [1.165, 1.54) is 5.32 Å². The number of amides is 1. The van der Waals surface area contributed by atoms with E-state index >= 15 is 0 Å². The van der Waals surface area contributed by atoms with Gasteiger partial charge in [-0.05, 0) is 15.9 Å². The van der Waals surface area contributed by atoms with Gasteiger partial charge in [-0.25, -0.2) is 9.78 Å². The van der Waals surface area contributed by atoms with Crippen molar-refractivity contribution < 1.29 is 27.9 Å². The van der Waals surface area contributed by atoms with Crippen LogP contribution in [0.3, 0.4) is 0 Å². The van der Waals surface area contributed by atoms with Gasteiger partial charge in [-0.1, -0.05) is 0 Å². The third-order valence-electron chi connectivity index (χ3n) is 1.35. The number of carboxylic acid groups (broad SMARTS) is 1. The quantitative estimate of drug-likeness (QED) is 0.769.